The Balaban J connectivity index is 1.49. The minimum absolute atomic E-state index is 0.0491. The highest BCUT2D eigenvalue weighted by molar-refractivity contribution is 7.89. The van der Waals surface area contributed by atoms with E-state index in [1.54, 1.807) is 36.5 Å². The Labute approximate surface area is 186 Å². The van der Waals surface area contributed by atoms with Crippen molar-refractivity contribution in [1.29, 1.82) is 0 Å². The molecule has 8 nitrogen and oxygen atoms in total. The van der Waals surface area contributed by atoms with Gasteiger partial charge in [-0.05, 0) is 56.5 Å². The van der Waals surface area contributed by atoms with Crippen LogP contribution in [-0.4, -0.2) is 30.3 Å². The monoisotopic (exact) mass is 449 g/mol. The Hall–Kier alpha value is -3.30. The number of anilines is 1. The maximum Gasteiger partial charge on any atom is 0.252 e. The molecule has 4 N–H and O–H groups in total. The highest BCUT2D eigenvalue weighted by Crippen LogP contribution is 2.35. The Morgan fingerprint density at radius 1 is 1.09 bits per heavy atom. The number of amides is 1. The number of hydrogen-bond donors (Lipinski definition) is 3. The van der Waals surface area contributed by atoms with Crippen molar-refractivity contribution in [3.8, 4) is 22.5 Å². The number of nitrogens with zero attached hydrogens (tertiary/aromatic N) is 2. The summed E-state index contributed by atoms with van der Waals surface area (Å²) in [4.78, 5) is 21.4. The van der Waals surface area contributed by atoms with Crippen molar-refractivity contribution >= 4 is 21.7 Å². The molecule has 1 aliphatic heterocycles. The van der Waals surface area contributed by atoms with Gasteiger partial charge < -0.3 is 11.1 Å². The van der Waals surface area contributed by atoms with Crippen LogP contribution >= 0.6 is 0 Å². The summed E-state index contributed by atoms with van der Waals surface area (Å²) < 4.78 is 27.5. The Bertz CT molecular complexity index is 1350. The molecule has 2 aliphatic rings. The van der Waals surface area contributed by atoms with Gasteiger partial charge in [-0.1, -0.05) is 18.2 Å². The molecule has 3 aromatic rings. The van der Waals surface area contributed by atoms with Crippen LogP contribution < -0.4 is 15.8 Å². The first-order valence-electron chi connectivity index (χ1n) is 10.4. The third kappa shape index (κ3) is 3.63. The Morgan fingerprint density at radius 2 is 1.78 bits per heavy atom. The van der Waals surface area contributed by atoms with E-state index in [-0.39, 0.29) is 22.7 Å². The van der Waals surface area contributed by atoms with Crippen molar-refractivity contribution in [3.05, 3.63) is 59.8 Å². The van der Waals surface area contributed by atoms with Gasteiger partial charge in [0.05, 0.1) is 22.3 Å². The van der Waals surface area contributed by atoms with Gasteiger partial charge in [0.2, 0.25) is 10.0 Å². The molecule has 0 spiro atoms. The molecule has 2 aromatic carbocycles. The first-order valence-corrected chi connectivity index (χ1v) is 11.8. The molecule has 164 valence electrons. The second kappa shape index (κ2) is 7.11. The van der Waals surface area contributed by atoms with E-state index in [0.29, 0.717) is 17.0 Å². The van der Waals surface area contributed by atoms with Gasteiger partial charge in [-0.25, -0.2) is 23.1 Å². The molecule has 1 saturated carbocycles. The minimum atomic E-state index is -3.51. The van der Waals surface area contributed by atoms with E-state index >= 15 is 0 Å². The summed E-state index contributed by atoms with van der Waals surface area (Å²) in [7, 11) is -3.51. The molecule has 32 heavy (non-hydrogen) atoms. The Kier molecular flexibility index (Phi) is 4.58. The lowest BCUT2D eigenvalue weighted by Gasteiger charge is -2.19. The molecule has 9 heteroatoms. The molecule has 0 saturated heterocycles. The van der Waals surface area contributed by atoms with E-state index in [0.717, 1.165) is 29.5 Å². The number of benzene rings is 2. The van der Waals surface area contributed by atoms with Gasteiger partial charge in [-0.3, -0.25) is 4.79 Å². The van der Waals surface area contributed by atoms with Crippen molar-refractivity contribution < 1.29 is 13.2 Å². The summed E-state index contributed by atoms with van der Waals surface area (Å²) in [6, 6.07) is 12.1. The molecule has 1 aliphatic carbocycles. The lowest BCUT2D eigenvalue weighted by Crippen LogP contribution is -2.32. The number of carbonyl (C=O) groups is 1. The topological polar surface area (TPSA) is 127 Å². The van der Waals surface area contributed by atoms with Crippen LogP contribution in [0.3, 0.4) is 0 Å². The van der Waals surface area contributed by atoms with Crippen molar-refractivity contribution in [1.82, 2.24) is 20.0 Å². The molecule has 2 heterocycles. The molecular weight excluding hydrogens is 426 g/mol. The van der Waals surface area contributed by atoms with Gasteiger partial charge in [-0.15, -0.1) is 0 Å². The third-order valence-electron chi connectivity index (χ3n) is 5.80. The number of sulfonamides is 1. The van der Waals surface area contributed by atoms with Gasteiger partial charge in [-0.2, -0.15) is 0 Å². The van der Waals surface area contributed by atoms with E-state index in [2.05, 4.69) is 15.0 Å². The average molecular weight is 450 g/mol. The van der Waals surface area contributed by atoms with E-state index in [9.17, 15) is 13.2 Å². The number of hydrogen-bond acceptors (Lipinski definition) is 6. The van der Waals surface area contributed by atoms with Crippen LogP contribution in [0.15, 0.2) is 53.6 Å². The van der Waals surface area contributed by atoms with Crippen molar-refractivity contribution in [2.75, 3.05) is 5.73 Å². The highest BCUT2D eigenvalue weighted by Gasteiger charge is 2.35. The molecule has 0 unspecified atom stereocenters. The standard InChI is InChI=1S/C23H23N5O3S/c1-23(2)18-11-14(5-10-17(18)22(29)27-23)20-21(24)25-12-19(26-20)13-3-8-16(9-4-13)32(30,31)28-15-6-7-15/h3-5,8-12,15,28H,6-7H2,1-2H3,(H2,24,25)(H,27,29). The predicted molar refractivity (Wildman–Crippen MR) is 121 cm³/mol. The first kappa shape index (κ1) is 20.6. The summed E-state index contributed by atoms with van der Waals surface area (Å²) in [5, 5.41) is 2.96. The molecular formula is C23H23N5O3S. The van der Waals surface area contributed by atoms with Crippen molar-refractivity contribution in [2.24, 2.45) is 0 Å². The molecule has 0 bridgehead atoms. The largest absolute Gasteiger partial charge is 0.382 e. The van der Waals surface area contributed by atoms with Crippen LogP contribution in [-0.2, 0) is 15.6 Å². The van der Waals surface area contributed by atoms with Gasteiger partial charge in [0.25, 0.3) is 5.91 Å². The lowest BCUT2D eigenvalue weighted by molar-refractivity contribution is 0.0940. The molecule has 1 fully saturated rings. The summed E-state index contributed by atoms with van der Waals surface area (Å²) in [6.45, 7) is 3.89. The zero-order chi connectivity index (χ0) is 22.7. The third-order valence-corrected chi connectivity index (χ3v) is 7.33. The fourth-order valence-corrected chi connectivity index (χ4v) is 5.17. The van der Waals surface area contributed by atoms with Crippen LogP contribution in [0.25, 0.3) is 22.5 Å². The minimum Gasteiger partial charge on any atom is -0.382 e. The number of aromatic nitrogens is 2. The van der Waals surface area contributed by atoms with E-state index in [1.807, 2.05) is 26.0 Å². The summed E-state index contributed by atoms with van der Waals surface area (Å²) in [6.07, 6.45) is 3.32. The molecule has 1 amide bonds. The maximum atomic E-state index is 12.4. The Morgan fingerprint density at radius 3 is 2.47 bits per heavy atom. The fraction of sp³-hybridized carbons (Fsp3) is 0.261. The number of nitrogens with two attached hydrogens (primary N) is 1. The molecule has 0 atom stereocenters. The van der Waals surface area contributed by atoms with Crippen molar-refractivity contribution in [2.45, 2.75) is 43.2 Å². The van der Waals surface area contributed by atoms with Gasteiger partial charge in [0, 0.05) is 22.7 Å². The second-order valence-corrected chi connectivity index (χ2v) is 10.5. The van der Waals surface area contributed by atoms with Crippen LogP contribution in [0.4, 0.5) is 5.82 Å². The number of rotatable bonds is 5. The van der Waals surface area contributed by atoms with E-state index in [1.165, 1.54) is 0 Å². The average Bonchev–Trinajstić information content (AvgIpc) is 3.53. The molecule has 1 aromatic heterocycles. The zero-order valence-corrected chi connectivity index (χ0v) is 18.5. The number of nitrogens with one attached hydrogen (secondary N) is 2. The van der Waals surface area contributed by atoms with Crippen LogP contribution in [0.2, 0.25) is 0 Å². The van der Waals surface area contributed by atoms with Gasteiger partial charge >= 0.3 is 0 Å². The van der Waals surface area contributed by atoms with Gasteiger partial charge in [0.15, 0.2) is 0 Å². The predicted octanol–water partition coefficient (Wildman–Crippen LogP) is 2.81. The number of carbonyl (C=O) groups excluding carboxylic acids is 1. The van der Waals surface area contributed by atoms with E-state index < -0.39 is 15.6 Å². The lowest BCUT2D eigenvalue weighted by atomic mass is 9.92. The van der Waals surface area contributed by atoms with Gasteiger partial charge in [0.1, 0.15) is 11.5 Å². The van der Waals surface area contributed by atoms with Crippen LogP contribution in [0.5, 0.6) is 0 Å². The van der Waals surface area contributed by atoms with E-state index in [4.69, 9.17) is 10.7 Å². The van der Waals surface area contributed by atoms with Crippen molar-refractivity contribution in [3.63, 3.8) is 0 Å². The van der Waals surface area contributed by atoms with Crippen LogP contribution in [0, 0.1) is 0 Å². The quantitative estimate of drug-likeness (QED) is 0.550. The normalized spacial score (nSPS) is 17.1. The first-order chi connectivity index (χ1) is 15.1. The SMILES string of the molecule is CC1(C)NC(=O)c2ccc(-c3nc(-c4ccc(S(=O)(=O)NC5CC5)cc4)cnc3N)cc21. The maximum absolute atomic E-state index is 12.4. The molecule has 5 rings (SSSR count). The smallest absolute Gasteiger partial charge is 0.252 e. The summed E-state index contributed by atoms with van der Waals surface area (Å²) >= 11 is 0. The van der Waals surface area contributed by atoms with Crippen LogP contribution in [0.1, 0.15) is 42.6 Å². The second-order valence-electron chi connectivity index (χ2n) is 8.75. The number of fused-ring (bicyclic) bond motifs is 1. The molecule has 0 radical (unpaired) electrons. The fourth-order valence-electron chi connectivity index (χ4n) is 3.87. The summed E-state index contributed by atoms with van der Waals surface area (Å²) in [5.74, 6) is 0.173. The summed E-state index contributed by atoms with van der Waals surface area (Å²) in [5.41, 5.74) is 9.72. The number of nitrogen functional groups attached to an aromatic ring is 1. The highest BCUT2D eigenvalue weighted by atomic mass is 32.2. The zero-order valence-electron chi connectivity index (χ0n) is 17.7.